The zero-order chi connectivity index (χ0) is 13.6. The quantitative estimate of drug-likeness (QED) is 0.843. The average molecular weight is 259 g/mol. The van der Waals surface area contributed by atoms with E-state index in [2.05, 4.69) is 43.3 Å². The van der Waals surface area contributed by atoms with E-state index in [4.69, 9.17) is 0 Å². The fourth-order valence-electron chi connectivity index (χ4n) is 3.98. The van der Waals surface area contributed by atoms with Gasteiger partial charge in [-0.3, -0.25) is 4.68 Å². The van der Waals surface area contributed by atoms with Crippen molar-refractivity contribution in [1.29, 1.82) is 0 Å². The van der Waals surface area contributed by atoms with Gasteiger partial charge in [-0.1, -0.05) is 12.2 Å². The van der Waals surface area contributed by atoms with Crippen molar-refractivity contribution in [3.63, 3.8) is 0 Å². The Morgan fingerprint density at radius 1 is 1.37 bits per heavy atom. The Morgan fingerprint density at radius 2 is 2.16 bits per heavy atom. The summed E-state index contributed by atoms with van der Waals surface area (Å²) in [7, 11) is 2.03. The molecule has 1 aromatic rings. The Labute approximate surface area is 116 Å². The second-order valence-electron chi connectivity index (χ2n) is 6.38. The number of hydrogen-bond donors (Lipinski definition) is 1. The summed E-state index contributed by atoms with van der Waals surface area (Å²) >= 11 is 0. The maximum absolute atomic E-state index is 4.52. The Hall–Kier alpha value is -1.09. The Bertz CT molecular complexity index is 500. The van der Waals surface area contributed by atoms with Crippen molar-refractivity contribution in [2.45, 2.75) is 39.7 Å². The summed E-state index contributed by atoms with van der Waals surface area (Å²) in [5.41, 5.74) is 3.82. The normalized spacial score (nSPS) is 30.2. The number of aromatic nitrogens is 2. The van der Waals surface area contributed by atoms with Gasteiger partial charge in [0.05, 0.1) is 5.69 Å². The first-order valence-corrected chi connectivity index (χ1v) is 7.48. The summed E-state index contributed by atoms with van der Waals surface area (Å²) in [6.07, 6.45) is 7.63. The Balaban J connectivity index is 1.62. The zero-order valence-corrected chi connectivity index (χ0v) is 12.5. The number of rotatable bonds is 4. The van der Waals surface area contributed by atoms with E-state index >= 15 is 0 Å². The summed E-state index contributed by atoms with van der Waals surface area (Å²) in [4.78, 5) is 0. The number of fused-ring (bicyclic) bond motifs is 2. The molecule has 1 heterocycles. The van der Waals surface area contributed by atoms with Crippen LogP contribution in [-0.4, -0.2) is 16.3 Å². The molecule has 0 aliphatic heterocycles. The maximum atomic E-state index is 4.52. The molecule has 0 unspecified atom stereocenters. The summed E-state index contributed by atoms with van der Waals surface area (Å²) in [6, 6.07) is 0.400. The minimum absolute atomic E-state index is 0.400. The SMILES string of the molecule is Cc1nn(C)c(C)c1[C@@H](C)NC[C@@H]1C[C@H]2C=C[C@H]1C2. The fourth-order valence-corrected chi connectivity index (χ4v) is 3.98. The summed E-state index contributed by atoms with van der Waals surface area (Å²) in [5, 5.41) is 8.25. The summed E-state index contributed by atoms with van der Waals surface area (Å²) < 4.78 is 1.99. The third-order valence-corrected chi connectivity index (χ3v) is 5.10. The lowest BCUT2D eigenvalue weighted by Crippen LogP contribution is -2.28. The number of nitrogens with zero attached hydrogens (tertiary/aromatic N) is 2. The maximum Gasteiger partial charge on any atom is 0.0644 e. The predicted octanol–water partition coefficient (Wildman–Crippen LogP) is 2.90. The van der Waals surface area contributed by atoms with Crippen molar-refractivity contribution in [3.05, 3.63) is 29.1 Å². The number of nitrogens with one attached hydrogen (secondary N) is 1. The van der Waals surface area contributed by atoms with Crippen molar-refractivity contribution < 1.29 is 0 Å². The lowest BCUT2D eigenvalue weighted by atomic mass is 9.93. The van der Waals surface area contributed by atoms with Crippen molar-refractivity contribution in [3.8, 4) is 0 Å². The number of allylic oxidation sites excluding steroid dienone is 2. The van der Waals surface area contributed by atoms with E-state index in [9.17, 15) is 0 Å². The topological polar surface area (TPSA) is 29.9 Å². The average Bonchev–Trinajstić information content (AvgIpc) is 3.03. The van der Waals surface area contributed by atoms with Gasteiger partial charge < -0.3 is 5.32 Å². The smallest absolute Gasteiger partial charge is 0.0644 e. The third-order valence-electron chi connectivity index (χ3n) is 5.10. The van der Waals surface area contributed by atoms with Gasteiger partial charge in [0, 0.05) is 24.3 Å². The van der Waals surface area contributed by atoms with Gasteiger partial charge in [0.15, 0.2) is 0 Å². The highest BCUT2D eigenvalue weighted by molar-refractivity contribution is 5.27. The van der Waals surface area contributed by atoms with E-state index in [1.165, 1.54) is 24.1 Å². The molecule has 0 aromatic carbocycles. The molecule has 2 aliphatic carbocycles. The molecule has 1 saturated carbocycles. The standard InChI is InChI=1S/C16H25N3/c1-10(16-11(2)18-19(4)12(16)3)17-9-15-8-13-5-6-14(15)7-13/h5-6,10,13-15,17H,7-9H2,1-4H3/t10-,13+,14+,15+/m1/s1. The van der Waals surface area contributed by atoms with E-state index in [1.54, 1.807) is 0 Å². The van der Waals surface area contributed by atoms with E-state index in [-0.39, 0.29) is 0 Å². The van der Waals surface area contributed by atoms with Gasteiger partial charge >= 0.3 is 0 Å². The molecule has 1 aromatic heterocycles. The number of aryl methyl sites for hydroxylation is 2. The molecular formula is C16H25N3. The van der Waals surface area contributed by atoms with Gasteiger partial charge in [0.25, 0.3) is 0 Å². The van der Waals surface area contributed by atoms with Crippen molar-refractivity contribution >= 4 is 0 Å². The zero-order valence-electron chi connectivity index (χ0n) is 12.5. The van der Waals surface area contributed by atoms with Gasteiger partial charge in [-0.15, -0.1) is 0 Å². The molecule has 1 N–H and O–H groups in total. The molecule has 104 valence electrons. The molecule has 0 spiro atoms. The van der Waals surface area contributed by atoms with Crippen LogP contribution in [-0.2, 0) is 7.05 Å². The van der Waals surface area contributed by atoms with Crippen LogP contribution in [0.5, 0.6) is 0 Å². The van der Waals surface area contributed by atoms with Crippen molar-refractivity contribution in [2.24, 2.45) is 24.8 Å². The van der Waals surface area contributed by atoms with Gasteiger partial charge in [0.2, 0.25) is 0 Å². The van der Waals surface area contributed by atoms with Crippen LogP contribution in [0.25, 0.3) is 0 Å². The molecule has 4 atom stereocenters. The molecule has 19 heavy (non-hydrogen) atoms. The predicted molar refractivity (Wildman–Crippen MR) is 77.9 cm³/mol. The van der Waals surface area contributed by atoms with Crippen LogP contribution in [0, 0.1) is 31.6 Å². The van der Waals surface area contributed by atoms with Gasteiger partial charge in [0.1, 0.15) is 0 Å². The van der Waals surface area contributed by atoms with Crippen LogP contribution in [0.4, 0.5) is 0 Å². The van der Waals surface area contributed by atoms with Gasteiger partial charge in [-0.05, 0) is 57.9 Å². The molecule has 0 radical (unpaired) electrons. The summed E-state index contributed by atoms with van der Waals surface area (Å²) in [6.45, 7) is 7.68. The Kier molecular flexibility index (Phi) is 3.25. The molecule has 1 fully saturated rings. The van der Waals surface area contributed by atoms with Crippen LogP contribution in [0.3, 0.4) is 0 Å². The van der Waals surface area contributed by atoms with Gasteiger partial charge in [-0.2, -0.15) is 5.10 Å². The van der Waals surface area contributed by atoms with Crippen LogP contribution in [0.15, 0.2) is 12.2 Å². The largest absolute Gasteiger partial charge is 0.310 e. The fraction of sp³-hybridized carbons (Fsp3) is 0.688. The molecule has 3 heteroatoms. The molecule has 0 saturated heterocycles. The molecular weight excluding hydrogens is 234 g/mol. The first kappa shape index (κ1) is 12.9. The first-order valence-electron chi connectivity index (χ1n) is 7.48. The minimum Gasteiger partial charge on any atom is -0.310 e. The second-order valence-corrected chi connectivity index (χ2v) is 6.38. The highest BCUT2D eigenvalue weighted by Gasteiger charge is 2.35. The molecule has 2 bridgehead atoms. The van der Waals surface area contributed by atoms with Crippen molar-refractivity contribution in [1.82, 2.24) is 15.1 Å². The first-order chi connectivity index (χ1) is 9.06. The van der Waals surface area contributed by atoms with Crippen molar-refractivity contribution in [2.75, 3.05) is 6.54 Å². The van der Waals surface area contributed by atoms with Crippen LogP contribution < -0.4 is 5.32 Å². The molecule has 3 rings (SSSR count). The molecule has 2 aliphatic rings. The van der Waals surface area contributed by atoms with Gasteiger partial charge in [-0.25, -0.2) is 0 Å². The highest BCUT2D eigenvalue weighted by Crippen LogP contribution is 2.43. The monoisotopic (exact) mass is 259 g/mol. The van der Waals surface area contributed by atoms with Crippen LogP contribution in [0.1, 0.15) is 42.8 Å². The van der Waals surface area contributed by atoms with E-state index < -0.39 is 0 Å². The lowest BCUT2D eigenvalue weighted by Gasteiger charge is -2.22. The highest BCUT2D eigenvalue weighted by atomic mass is 15.3. The van der Waals surface area contributed by atoms with E-state index in [0.717, 1.165) is 30.0 Å². The second kappa shape index (κ2) is 4.78. The molecule has 3 nitrogen and oxygen atoms in total. The lowest BCUT2D eigenvalue weighted by molar-refractivity contribution is 0.392. The third kappa shape index (κ3) is 2.25. The minimum atomic E-state index is 0.400. The van der Waals surface area contributed by atoms with E-state index in [0.29, 0.717) is 6.04 Å². The number of hydrogen-bond acceptors (Lipinski definition) is 2. The van der Waals surface area contributed by atoms with Crippen LogP contribution >= 0.6 is 0 Å². The van der Waals surface area contributed by atoms with Crippen LogP contribution in [0.2, 0.25) is 0 Å². The van der Waals surface area contributed by atoms with E-state index in [1.807, 2.05) is 11.7 Å². The Morgan fingerprint density at radius 3 is 2.68 bits per heavy atom. The summed E-state index contributed by atoms with van der Waals surface area (Å²) in [5.74, 6) is 2.55. The molecule has 0 amide bonds.